The Kier molecular flexibility index (Phi) is 4.12. The summed E-state index contributed by atoms with van der Waals surface area (Å²) in [5, 5.41) is 3.52. The maximum atomic E-state index is 6.06. The molecule has 100 valence electrons. The fraction of sp³-hybridized carbons (Fsp3) is 0.600. The second-order valence-corrected chi connectivity index (χ2v) is 4.67. The van der Waals surface area contributed by atoms with Gasteiger partial charge in [-0.05, 0) is 31.0 Å². The fourth-order valence-electron chi connectivity index (χ4n) is 2.60. The van der Waals surface area contributed by atoms with Crippen molar-refractivity contribution in [3.8, 4) is 11.5 Å². The molecule has 1 aliphatic rings. The van der Waals surface area contributed by atoms with Crippen molar-refractivity contribution in [1.82, 2.24) is 5.32 Å². The number of benzene rings is 1. The van der Waals surface area contributed by atoms with E-state index in [4.69, 9.17) is 9.47 Å². The van der Waals surface area contributed by atoms with Gasteiger partial charge in [-0.1, -0.05) is 26.8 Å². The number of fused-ring (bicyclic) bond motifs is 1. The van der Waals surface area contributed by atoms with Crippen molar-refractivity contribution in [2.75, 3.05) is 13.7 Å². The van der Waals surface area contributed by atoms with Gasteiger partial charge in [0.15, 0.2) is 11.5 Å². The summed E-state index contributed by atoms with van der Waals surface area (Å²) in [6, 6.07) is 4.62. The Bertz CT molecular complexity index is 417. The van der Waals surface area contributed by atoms with Crippen LogP contribution < -0.4 is 14.8 Å². The third kappa shape index (κ3) is 2.19. The largest absolute Gasteiger partial charge is 0.493 e. The van der Waals surface area contributed by atoms with Gasteiger partial charge in [-0.2, -0.15) is 0 Å². The van der Waals surface area contributed by atoms with E-state index in [1.807, 2.05) is 0 Å². The number of aryl methyl sites for hydroxylation is 1. The van der Waals surface area contributed by atoms with Crippen LogP contribution in [0.3, 0.4) is 0 Å². The van der Waals surface area contributed by atoms with Gasteiger partial charge in [0.25, 0.3) is 0 Å². The molecule has 3 nitrogen and oxygen atoms in total. The summed E-state index contributed by atoms with van der Waals surface area (Å²) in [7, 11) is 1.71. The number of hydrogen-bond donors (Lipinski definition) is 1. The van der Waals surface area contributed by atoms with E-state index in [-0.39, 0.29) is 12.1 Å². The monoisotopic (exact) mass is 249 g/mol. The van der Waals surface area contributed by atoms with E-state index in [1.165, 1.54) is 11.1 Å². The van der Waals surface area contributed by atoms with E-state index in [0.29, 0.717) is 0 Å². The summed E-state index contributed by atoms with van der Waals surface area (Å²) in [5.41, 5.74) is 2.55. The summed E-state index contributed by atoms with van der Waals surface area (Å²) in [4.78, 5) is 0. The van der Waals surface area contributed by atoms with Gasteiger partial charge in [-0.3, -0.25) is 0 Å². The Morgan fingerprint density at radius 3 is 2.61 bits per heavy atom. The molecule has 1 N–H and O–H groups in total. The molecule has 0 aromatic heterocycles. The van der Waals surface area contributed by atoms with Gasteiger partial charge in [0.05, 0.1) is 13.2 Å². The van der Waals surface area contributed by atoms with Gasteiger partial charge in [0, 0.05) is 5.56 Å². The molecule has 1 aliphatic heterocycles. The maximum absolute atomic E-state index is 6.06. The topological polar surface area (TPSA) is 30.5 Å². The molecule has 1 aromatic rings. The van der Waals surface area contributed by atoms with Gasteiger partial charge < -0.3 is 14.8 Å². The lowest BCUT2D eigenvalue weighted by Gasteiger charge is -2.18. The van der Waals surface area contributed by atoms with Crippen LogP contribution in [-0.2, 0) is 6.42 Å². The first kappa shape index (κ1) is 13.2. The molecule has 2 rings (SSSR count). The number of ether oxygens (including phenoxy) is 2. The van der Waals surface area contributed by atoms with E-state index in [1.54, 1.807) is 7.11 Å². The molecule has 0 saturated heterocycles. The standard InChI is InChI=1S/C15H23NO2/c1-5-10-8-11-14(16-7-3)12(6-2)18-15(11)13(9-10)17-4/h8-9,12,14,16H,5-7H2,1-4H3. The molecular formula is C15H23NO2. The molecule has 1 aromatic carbocycles. The highest BCUT2D eigenvalue weighted by Crippen LogP contribution is 2.44. The molecule has 2 atom stereocenters. The van der Waals surface area contributed by atoms with Crippen molar-refractivity contribution < 1.29 is 9.47 Å². The maximum Gasteiger partial charge on any atom is 0.166 e. The number of likely N-dealkylation sites (N-methyl/N-ethyl adjacent to an activating group) is 1. The number of rotatable bonds is 5. The van der Waals surface area contributed by atoms with Crippen molar-refractivity contribution in [2.24, 2.45) is 0 Å². The lowest BCUT2D eigenvalue weighted by molar-refractivity contribution is 0.181. The molecule has 0 amide bonds. The van der Waals surface area contributed by atoms with E-state index in [9.17, 15) is 0 Å². The quantitative estimate of drug-likeness (QED) is 0.870. The average Bonchev–Trinajstić information content (AvgIpc) is 2.76. The second-order valence-electron chi connectivity index (χ2n) is 4.67. The molecule has 18 heavy (non-hydrogen) atoms. The van der Waals surface area contributed by atoms with Gasteiger partial charge >= 0.3 is 0 Å². The lowest BCUT2D eigenvalue weighted by atomic mass is 9.98. The molecule has 2 unspecified atom stereocenters. The summed E-state index contributed by atoms with van der Waals surface area (Å²) in [6.07, 6.45) is 2.22. The molecule has 1 heterocycles. The van der Waals surface area contributed by atoms with E-state index < -0.39 is 0 Å². The highest BCUT2D eigenvalue weighted by atomic mass is 16.5. The predicted octanol–water partition coefficient (Wildman–Crippen LogP) is 3.08. The lowest BCUT2D eigenvalue weighted by Crippen LogP contribution is -2.30. The summed E-state index contributed by atoms with van der Waals surface area (Å²) in [6.45, 7) is 7.40. The van der Waals surface area contributed by atoms with Crippen molar-refractivity contribution in [3.63, 3.8) is 0 Å². The van der Waals surface area contributed by atoms with Gasteiger partial charge in [0.1, 0.15) is 6.10 Å². The molecule has 3 heteroatoms. The van der Waals surface area contributed by atoms with E-state index in [0.717, 1.165) is 30.9 Å². The van der Waals surface area contributed by atoms with Crippen LogP contribution >= 0.6 is 0 Å². The van der Waals surface area contributed by atoms with Crippen molar-refractivity contribution >= 4 is 0 Å². The van der Waals surface area contributed by atoms with E-state index >= 15 is 0 Å². The number of nitrogens with one attached hydrogen (secondary N) is 1. The van der Waals surface area contributed by atoms with Gasteiger partial charge in [-0.15, -0.1) is 0 Å². The number of hydrogen-bond acceptors (Lipinski definition) is 3. The van der Waals surface area contributed by atoms with Crippen LogP contribution in [0, 0.1) is 0 Å². The zero-order valence-corrected chi connectivity index (χ0v) is 11.7. The molecule has 0 aliphatic carbocycles. The summed E-state index contributed by atoms with van der Waals surface area (Å²) >= 11 is 0. The van der Waals surface area contributed by atoms with Crippen LogP contribution in [0.2, 0.25) is 0 Å². The fourth-order valence-corrected chi connectivity index (χ4v) is 2.60. The van der Waals surface area contributed by atoms with E-state index in [2.05, 4.69) is 38.2 Å². The van der Waals surface area contributed by atoms with Gasteiger partial charge in [0.2, 0.25) is 0 Å². The third-order valence-electron chi connectivity index (χ3n) is 3.57. The zero-order valence-electron chi connectivity index (χ0n) is 11.7. The van der Waals surface area contributed by atoms with Crippen LogP contribution in [0.25, 0.3) is 0 Å². The summed E-state index contributed by atoms with van der Waals surface area (Å²) in [5.74, 6) is 1.79. The van der Waals surface area contributed by atoms with Crippen LogP contribution in [0.15, 0.2) is 12.1 Å². The molecule has 0 spiro atoms. The van der Waals surface area contributed by atoms with Crippen molar-refractivity contribution in [2.45, 2.75) is 45.8 Å². The zero-order chi connectivity index (χ0) is 13.1. The van der Waals surface area contributed by atoms with Crippen molar-refractivity contribution in [3.05, 3.63) is 23.3 Å². The smallest absolute Gasteiger partial charge is 0.166 e. The van der Waals surface area contributed by atoms with Gasteiger partial charge in [-0.25, -0.2) is 0 Å². The molecule has 0 bridgehead atoms. The Balaban J connectivity index is 2.44. The Hall–Kier alpha value is -1.22. The molecular weight excluding hydrogens is 226 g/mol. The average molecular weight is 249 g/mol. The highest BCUT2D eigenvalue weighted by Gasteiger charge is 2.35. The first-order valence-corrected chi connectivity index (χ1v) is 6.85. The highest BCUT2D eigenvalue weighted by molar-refractivity contribution is 5.53. The molecule has 0 radical (unpaired) electrons. The van der Waals surface area contributed by atoms with Crippen LogP contribution in [0.5, 0.6) is 11.5 Å². The first-order chi connectivity index (χ1) is 8.74. The summed E-state index contributed by atoms with van der Waals surface area (Å²) < 4.78 is 11.5. The van der Waals surface area contributed by atoms with Crippen LogP contribution in [0.4, 0.5) is 0 Å². The molecule has 0 saturated carbocycles. The minimum atomic E-state index is 0.209. The Morgan fingerprint density at radius 1 is 1.28 bits per heavy atom. The van der Waals surface area contributed by atoms with Crippen LogP contribution in [-0.4, -0.2) is 19.8 Å². The SMILES string of the molecule is CCNC1c2cc(CC)cc(OC)c2OC1CC. The molecule has 0 fully saturated rings. The Morgan fingerprint density at radius 2 is 2.06 bits per heavy atom. The normalized spacial score (nSPS) is 21.6. The Labute approximate surface area is 109 Å². The minimum absolute atomic E-state index is 0.209. The second kappa shape index (κ2) is 5.61. The van der Waals surface area contributed by atoms with Crippen molar-refractivity contribution in [1.29, 1.82) is 0 Å². The van der Waals surface area contributed by atoms with Crippen LogP contribution in [0.1, 0.15) is 44.4 Å². The predicted molar refractivity (Wildman–Crippen MR) is 73.5 cm³/mol. The number of methoxy groups -OCH3 is 1. The first-order valence-electron chi connectivity index (χ1n) is 6.85. The minimum Gasteiger partial charge on any atom is -0.493 e. The third-order valence-corrected chi connectivity index (χ3v) is 3.57.